The lowest BCUT2D eigenvalue weighted by atomic mass is 9.91. The summed E-state index contributed by atoms with van der Waals surface area (Å²) in [5.41, 5.74) is 2.28. The highest BCUT2D eigenvalue weighted by Crippen LogP contribution is 2.24. The Bertz CT molecular complexity index is 426. The van der Waals surface area contributed by atoms with Crippen LogP contribution in [0.3, 0.4) is 0 Å². The second kappa shape index (κ2) is 3.70. The van der Waals surface area contributed by atoms with E-state index in [0.29, 0.717) is 0 Å². The standard InChI is InChI=1S/C11H13N3S/c1-11(2,3)10-5-4-8(6-12-10)9-7-13-14-15-9/h4-7H,1-3H3. The fraction of sp³-hybridized carbons (Fsp3) is 0.364. The molecule has 0 amide bonds. The van der Waals surface area contributed by atoms with Gasteiger partial charge in [-0.25, -0.2) is 0 Å². The Kier molecular flexibility index (Phi) is 2.52. The van der Waals surface area contributed by atoms with E-state index in [9.17, 15) is 0 Å². The minimum Gasteiger partial charge on any atom is -0.260 e. The Morgan fingerprint density at radius 2 is 1.93 bits per heavy atom. The molecule has 0 fully saturated rings. The summed E-state index contributed by atoms with van der Waals surface area (Å²) in [4.78, 5) is 5.52. The van der Waals surface area contributed by atoms with Gasteiger partial charge in [0.25, 0.3) is 0 Å². The highest BCUT2D eigenvalue weighted by atomic mass is 32.1. The van der Waals surface area contributed by atoms with Gasteiger partial charge in [0, 0.05) is 22.9 Å². The number of aromatic nitrogens is 3. The summed E-state index contributed by atoms with van der Waals surface area (Å²) >= 11 is 1.39. The molecule has 0 unspecified atom stereocenters. The first-order valence-corrected chi connectivity index (χ1v) is 5.59. The molecule has 15 heavy (non-hydrogen) atoms. The van der Waals surface area contributed by atoms with Gasteiger partial charge in [0.15, 0.2) is 0 Å². The molecular formula is C11H13N3S. The van der Waals surface area contributed by atoms with Crippen LogP contribution in [0.15, 0.2) is 24.5 Å². The molecule has 0 saturated heterocycles. The first kappa shape index (κ1) is 10.2. The van der Waals surface area contributed by atoms with Crippen LogP contribution in [0.5, 0.6) is 0 Å². The average Bonchev–Trinajstić information content (AvgIpc) is 2.69. The van der Waals surface area contributed by atoms with E-state index in [1.54, 1.807) is 6.20 Å². The quantitative estimate of drug-likeness (QED) is 0.740. The Hall–Kier alpha value is -1.29. The maximum Gasteiger partial charge on any atom is 0.0769 e. The van der Waals surface area contributed by atoms with Crippen molar-refractivity contribution in [3.8, 4) is 10.4 Å². The molecule has 0 aromatic carbocycles. The van der Waals surface area contributed by atoms with Crippen LogP contribution in [0.1, 0.15) is 26.5 Å². The van der Waals surface area contributed by atoms with Gasteiger partial charge in [0.1, 0.15) is 0 Å². The monoisotopic (exact) mass is 219 g/mol. The third-order valence-electron chi connectivity index (χ3n) is 2.18. The Labute approximate surface area is 93.4 Å². The van der Waals surface area contributed by atoms with Crippen LogP contribution in [0.2, 0.25) is 0 Å². The van der Waals surface area contributed by atoms with Gasteiger partial charge in [0.2, 0.25) is 0 Å². The molecule has 2 aromatic heterocycles. The Morgan fingerprint density at radius 3 is 2.40 bits per heavy atom. The van der Waals surface area contributed by atoms with Gasteiger partial charge in [-0.05, 0) is 17.6 Å². The van der Waals surface area contributed by atoms with Crippen LogP contribution in [0.4, 0.5) is 0 Å². The molecule has 2 aromatic rings. The lowest BCUT2D eigenvalue weighted by molar-refractivity contribution is 0.569. The second-order valence-electron chi connectivity index (χ2n) is 4.46. The van der Waals surface area contributed by atoms with Crippen molar-refractivity contribution in [1.82, 2.24) is 14.6 Å². The maximum atomic E-state index is 4.46. The minimum atomic E-state index is 0.102. The van der Waals surface area contributed by atoms with Gasteiger partial charge in [-0.2, -0.15) is 0 Å². The largest absolute Gasteiger partial charge is 0.260 e. The summed E-state index contributed by atoms with van der Waals surface area (Å²) in [6.07, 6.45) is 3.65. The van der Waals surface area contributed by atoms with E-state index in [0.717, 1.165) is 16.1 Å². The molecule has 0 bridgehead atoms. The Morgan fingerprint density at radius 1 is 1.13 bits per heavy atom. The van der Waals surface area contributed by atoms with Crippen molar-refractivity contribution in [1.29, 1.82) is 0 Å². The van der Waals surface area contributed by atoms with Gasteiger partial charge in [-0.3, -0.25) is 4.98 Å². The summed E-state index contributed by atoms with van der Waals surface area (Å²) in [7, 11) is 0. The van der Waals surface area contributed by atoms with Gasteiger partial charge in [-0.15, -0.1) is 5.10 Å². The summed E-state index contributed by atoms with van der Waals surface area (Å²) in [6, 6.07) is 4.14. The Balaban J connectivity index is 2.33. The van der Waals surface area contributed by atoms with E-state index in [1.807, 2.05) is 6.20 Å². The van der Waals surface area contributed by atoms with Gasteiger partial charge in [0.05, 0.1) is 11.1 Å². The molecule has 0 spiro atoms. The average molecular weight is 219 g/mol. The third-order valence-corrected chi connectivity index (χ3v) is 2.89. The first-order chi connectivity index (χ1) is 7.07. The summed E-state index contributed by atoms with van der Waals surface area (Å²) in [5, 5.41) is 3.81. The lowest BCUT2D eigenvalue weighted by Gasteiger charge is -2.17. The fourth-order valence-electron chi connectivity index (χ4n) is 1.28. The van der Waals surface area contributed by atoms with Gasteiger partial charge < -0.3 is 0 Å². The summed E-state index contributed by atoms with van der Waals surface area (Å²) < 4.78 is 3.83. The van der Waals surface area contributed by atoms with Crippen molar-refractivity contribution in [2.24, 2.45) is 0 Å². The number of pyridine rings is 1. The van der Waals surface area contributed by atoms with E-state index in [4.69, 9.17) is 0 Å². The van der Waals surface area contributed by atoms with Crippen LogP contribution in [-0.4, -0.2) is 14.6 Å². The SMILES string of the molecule is CC(C)(C)c1ccc(-c2cnns2)cn1. The van der Waals surface area contributed by atoms with Crippen LogP contribution in [0, 0.1) is 0 Å². The molecule has 78 valence electrons. The number of rotatable bonds is 1. The van der Waals surface area contributed by atoms with E-state index < -0.39 is 0 Å². The second-order valence-corrected chi connectivity index (χ2v) is 5.25. The molecule has 3 nitrogen and oxygen atoms in total. The van der Waals surface area contributed by atoms with Crippen LogP contribution < -0.4 is 0 Å². The van der Waals surface area contributed by atoms with Gasteiger partial charge >= 0.3 is 0 Å². The van der Waals surface area contributed by atoms with Crippen LogP contribution in [0.25, 0.3) is 10.4 Å². The van der Waals surface area contributed by atoms with Crippen molar-refractivity contribution in [2.45, 2.75) is 26.2 Å². The molecule has 2 heterocycles. The zero-order chi connectivity index (χ0) is 10.9. The highest BCUT2D eigenvalue weighted by molar-refractivity contribution is 7.09. The van der Waals surface area contributed by atoms with Crippen LogP contribution in [-0.2, 0) is 5.41 Å². The zero-order valence-electron chi connectivity index (χ0n) is 9.06. The molecule has 0 saturated carbocycles. The molecular weight excluding hydrogens is 206 g/mol. The first-order valence-electron chi connectivity index (χ1n) is 4.81. The highest BCUT2D eigenvalue weighted by Gasteiger charge is 2.15. The predicted molar refractivity (Wildman–Crippen MR) is 61.8 cm³/mol. The minimum absolute atomic E-state index is 0.102. The molecule has 4 heteroatoms. The summed E-state index contributed by atoms with van der Waals surface area (Å²) in [6.45, 7) is 6.47. The molecule has 0 aliphatic carbocycles. The predicted octanol–water partition coefficient (Wildman–Crippen LogP) is 2.90. The number of hydrogen-bond donors (Lipinski definition) is 0. The smallest absolute Gasteiger partial charge is 0.0769 e. The van der Waals surface area contributed by atoms with Crippen molar-refractivity contribution in [2.75, 3.05) is 0 Å². The molecule has 0 aliphatic heterocycles. The summed E-state index contributed by atoms with van der Waals surface area (Å²) in [5.74, 6) is 0. The van der Waals surface area contributed by atoms with Crippen molar-refractivity contribution in [3.63, 3.8) is 0 Å². The fourth-order valence-corrected chi connectivity index (χ4v) is 1.78. The molecule has 0 radical (unpaired) electrons. The molecule has 0 aliphatic rings. The topological polar surface area (TPSA) is 38.7 Å². The number of hydrogen-bond acceptors (Lipinski definition) is 4. The van der Waals surface area contributed by atoms with Crippen LogP contribution >= 0.6 is 11.5 Å². The van der Waals surface area contributed by atoms with E-state index in [2.05, 4.69) is 47.5 Å². The van der Waals surface area contributed by atoms with E-state index >= 15 is 0 Å². The normalized spacial score (nSPS) is 11.7. The van der Waals surface area contributed by atoms with E-state index in [1.165, 1.54) is 11.5 Å². The van der Waals surface area contributed by atoms with E-state index in [-0.39, 0.29) is 5.41 Å². The molecule has 0 N–H and O–H groups in total. The number of nitrogens with zero attached hydrogens (tertiary/aromatic N) is 3. The molecule has 2 rings (SSSR count). The zero-order valence-corrected chi connectivity index (χ0v) is 9.88. The lowest BCUT2D eigenvalue weighted by Crippen LogP contribution is -2.12. The van der Waals surface area contributed by atoms with Gasteiger partial charge in [-0.1, -0.05) is 31.3 Å². The van der Waals surface area contributed by atoms with Crippen molar-refractivity contribution in [3.05, 3.63) is 30.2 Å². The molecule has 0 atom stereocenters. The van der Waals surface area contributed by atoms with Crippen molar-refractivity contribution >= 4 is 11.5 Å². The third kappa shape index (κ3) is 2.21. The maximum absolute atomic E-state index is 4.46. The van der Waals surface area contributed by atoms with Crippen molar-refractivity contribution < 1.29 is 0 Å².